The third-order valence-corrected chi connectivity index (χ3v) is 3.98. The van der Waals surface area contributed by atoms with Gasteiger partial charge in [0, 0.05) is 0 Å². The Balaban J connectivity index is 4.43. The van der Waals surface area contributed by atoms with Gasteiger partial charge in [0.1, 0.15) is 0 Å². The second-order valence-electron chi connectivity index (χ2n) is 3.03. The minimum absolute atomic E-state index is 0.397. The average Bonchev–Trinajstić information content (AvgIpc) is 2.22. The van der Waals surface area contributed by atoms with Crippen LogP contribution in [-0.4, -0.2) is 63.9 Å². The van der Waals surface area contributed by atoms with Crippen molar-refractivity contribution in [2.24, 2.45) is 4.99 Å². The van der Waals surface area contributed by atoms with Gasteiger partial charge in [0.15, 0.2) is 0 Å². The number of hydrogen-bond acceptors (Lipinski definition) is 3. The summed E-state index contributed by atoms with van der Waals surface area (Å²) in [7, 11) is 0. The monoisotopic (exact) mass is 346 g/mol. The number of aliphatic hydroxyl groups is 1. The van der Waals surface area contributed by atoms with Gasteiger partial charge in [0.25, 0.3) is 0 Å². The number of carbonyl (C=O) groups is 1. The van der Waals surface area contributed by atoms with Gasteiger partial charge in [-0.25, -0.2) is 0 Å². The number of aliphatic imine (C=N–C) groups is 1. The topological polar surface area (TPSA) is 69.9 Å². The molecule has 87 valence electrons. The van der Waals surface area contributed by atoms with Gasteiger partial charge in [-0.3, -0.25) is 0 Å². The molecular weight excluding hydrogens is 328 g/mol. The number of rotatable bonds is 7. The van der Waals surface area contributed by atoms with Crippen LogP contribution in [0.1, 0.15) is 19.8 Å². The number of aliphatic carboxylic acids is 1. The van der Waals surface area contributed by atoms with Crippen LogP contribution in [0.3, 0.4) is 0 Å². The van der Waals surface area contributed by atoms with E-state index in [0.29, 0.717) is 32.4 Å². The molecule has 0 bridgehead atoms. The van der Waals surface area contributed by atoms with Crippen molar-refractivity contribution >= 4 is 41.5 Å². The van der Waals surface area contributed by atoms with E-state index in [9.17, 15) is 9.90 Å². The van der Waals surface area contributed by atoms with Gasteiger partial charge in [-0.1, -0.05) is 0 Å². The van der Waals surface area contributed by atoms with E-state index in [1.54, 1.807) is 0 Å². The third kappa shape index (κ3) is 6.33. The Bertz CT molecular complexity index is 233. The first-order chi connectivity index (χ1) is 7.02. The van der Waals surface area contributed by atoms with Gasteiger partial charge < -0.3 is 0 Å². The molecule has 0 rings (SSSR count). The molecule has 0 amide bonds. The first-order valence-corrected chi connectivity index (χ1v) is 8.45. The molecule has 0 saturated carbocycles. The standard InChI is InChI=1S/C9H16NO3Se2/c1-3-7(11)8(14)10-6(9(12)13)4-5-15-2/h6-7,11H,3-5H2,1-2H3,(H,12,13)/t6-,7?/m0/s1. The fourth-order valence-corrected chi connectivity index (χ4v) is 2.47. The predicted molar refractivity (Wildman–Crippen MR) is 62.0 cm³/mol. The van der Waals surface area contributed by atoms with E-state index in [1.165, 1.54) is 0 Å². The van der Waals surface area contributed by atoms with E-state index >= 15 is 0 Å². The maximum atomic E-state index is 10.9. The Morgan fingerprint density at radius 1 is 1.60 bits per heavy atom. The number of hydrogen-bond donors (Lipinski definition) is 2. The van der Waals surface area contributed by atoms with E-state index in [0.717, 1.165) is 5.32 Å². The normalized spacial score (nSPS) is 16.1. The zero-order valence-electron chi connectivity index (χ0n) is 8.84. The van der Waals surface area contributed by atoms with Gasteiger partial charge in [0.05, 0.1) is 0 Å². The molecule has 15 heavy (non-hydrogen) atoms. The summed E-state index contributed by atoms with van der Waals surface area (Å²) in [6, 6.07) is -0.718. The summed E-state index contributed by atoms with van der Waals surface area (Å²) in [4.78, 5) is 14.9. The summed E-state index contributed by atoms with van der Waals surface area (Å²) in [5.41, 5.74) is 0. The van der Waals surface area contributed by atoms with E-state index in [-0.39, 0.29) is 0 Å². The van der Waals surface area contributed by atoms with Crippen molar-refractivity contribution in [1.82, 2.24) is 0 Å². The van der Waals surface area contributed by atoms with Gasteiger partial charge >= 0.3 is 105 Å². The molecule has 0 fully saturated rings. The van der Waals surface area contributed by atoms with Crippen LogP contribution in [0, 0.1) is 0 Å². The van der Waals surface area contributed by atoms with Crippen LogP contribution in [0.2, 0.25) is 11.1 Å². The van der Waals surface area contributed by atoms with Gasteiger partial charge in [-0.05, 0) is 0 Å². The van der Waals surface area contributed by atoms with Crippen molar-refractivity contribution in [1.29, 1.82) is 0 Å². The molecule has 0 saturated heterocycles. The van der Waals surface area contributed by atoms with E-state index in [4.69, 9.17) is 5.11 Å². The Hall–Kier alpha value is 0.139. The number of carboxylic acid groups (broad SMARTS) is 1. The molecule has 0 aliphatic carbocycles. The maximum absolute atomic E-state index is 10.9. The molecule has 0 aromatic carbocycles. The third-order valence-electron chi connectivity index (χ3n) is 1.84. The van der Waals surface area contributed by atoms with Crippen molar-refractivity contribution in [3.63, 3.8) is 0 Å². The molecule has 0 spiro atoms. The average molecular weight is 344 g/mol. The molecule has 2 atom stereocenters. The summed E-state index contributed by atoms with van der Waals surface area (Å²) in [6.45, 7) is 1.82. The summed E-state index contributed by atoms with van der Waals surface area (Å²) < 4.78 is 0.397. The van der Waals surface area contributed by atoms with Crippen molar-refractivity contribution in [2.75, 3.05) is 0 Å². The van der Waals surface area contributed by atoms with E-state index in [1.807, 2.05) is 6.92 Å². The Labute approximate surface area is 105 Å². The molecule has 0 heterocycles. The van der Waals surface area contributed by atoms with Crippen LogP contribution < -0.4 is 0 Å². The molecule has 0 aromatic heterocycles. The first-order valence-electron chi connectivity index (χ1n) is 4.67. The summed E-state index contributed by atoms with van der Waals surface area (Å²) in [5.74, 6) is 1.14. The Morgan fingerprint density at radius 2 is 2.20 bits per heavy atom. The van der Waals surface area contributed by atoms with Crippen molar-refractivity contribution in [3.8, 4) is 0 Å². The Morgan fingerprint density at radius 3 is 2.60 bits per heavy atom. The van der Waals surface area contributed by atoms with E-state index in [2.05, 4.69) is 26.8 Å². The number of carboxylic acids is 1. The van der Waals surface area contributed by atoms with Crippen molar-refractivity contribution < 1.29 is 15.0 Å². The van der Waals surface area contributed by atoms with Crippen LogP contribution >= 0.6 is 0 Å². The summed E-state index contributed by atoms with van der Waals surface area (Å²) in [5, 5.41) is 19.2. The molecule has 0 aromatic rings. The zero-order valence-corrected chi connectivity index (χ0v) is 12.3. The molecule has 0 aliphatic heterocycles. The fraction of sp³-hybridized carbons (Fsp3) is 0.778. The predicted octanol–water partition coefficient (Wildman–Crippen LogP) is 0.338. The molecule has 1 unspecified atom stereocenters. The zero-order chi connectivity index (χ0) is 11.8. The summed E-state index contributed by atoms with van der Waals surface area (Å²) >= 11 is 3.09. The first kappa shape index (κ1) is 15.1. The van der Waals surface area contributed by atoms with Crippen LogP contribution in [0.4, 0.5) is 0 Å². The van der Waals surface area contributed by atoms with Gasteiger partial charge in [-0.2, -0.15) is 0 Å². The van der Waals surface area contributed by atoms with Crippen LogP contribution in [0.25, 0.3) is 0 Å². The van der Waals surface area contributed by atoms with Crippen molar-refractivity contribution in [2.45, 2.75) is 43.1 Å². The van der Waals surface area contributed by atoms with Gasteiger partial charge in [-0.15, -0.1) is 0 Å². The fourth-order valence-electron chi connectivity index (χ4n) is 0.887. The quantitative estimate of drug-likeness (QED) is 0.517. The van der Waals surface area contributed by atoms with Crippen molar-refractivity contribution in [3.05, 3.63) is 0 Å². The van der Waals surface area contributed by atoms with Crippen LogP contribution in [-0.2, 0) is 4.79 Å². The molecule has 6 heteroatoms. The van der Waals surface area contributed by atoms with Gasteiger partial charge in [0.2, 0.25) is 0 Å². The second kappa shape index (κ2) is 8.31. The Kier molecular flexibility index (Phi) is 8.39. The van der Waals surface area contributed by atoms with Crippen LogP contribution in [0.5, 0.6) is 0 Å². The second-order valence-corrected chi connectivity index (χ2v) is 5.97. The number of aliphatic hydroxyl groups excluding tert-OH is 1. The molecule has 1 radical (unpaired) electrons. The number of nitrogens with zero attached hydrogens (tertiary/aromatic N) is 1. The van der Waals surface area contributed by atoms with Crippen LogP contribution in [0.15, 0.2) is 4.99 Å². The summed E-state index contributed by atoms with van der Waals surface area (Å²) in [6.07, 6.45) is 0.419. The molecule has 0 aliphatic rings. The SMILES string of the molecule is CCC(O)C([Se])=N[C@@H](CC[Se]C)C(=O)O. The molecular formula is C9H16NO3Se2. The van der Waals surface area contributed by atoms with E-state index < -0.39 is 18.1 Å². The minimum atomic E-state index is -0.921. The molecule has 4 nitrogen and oxygen atoms in total. The molecule has 2 N–H and O–H groups in total.